The number of hydrogen-bond acceptors (Lipinski definition) is 3. The Morgan fingerprint density at radius 1 is 1.15 bits per heavy atom. The van der Waals surface area contributed by atoms with Gasteiger partial charge in [0.05, 0.1) is 0 Å². The van der Waals surface area contributed by atoms with Crippen LogP contribution < -0.4 is 0 Å². The molecule has 0 amide bonds. The highest BCUT2D eigenvalue weighted by atomic mass is 16.5. The summed E-state index contributed by atoms with van der Waals surface area (Å²) in [5.41, 5.74) is -1.51. The van der Waals surface area contributed by atoms with Crippen molar-refractivity contribution in [3.63, 3.8) is 0 Å². The molecule has 5 nitrogen and oxygen atoms in total. The van der Waals surface area contributed by atoms with Gasteiger partial charge in [-0.3, -0.25) is 4.74 Å². The highest BCUT2D eigenvalue weighted by Crippen LogP contribution is 2.36. The van der Waals surface area contributed by atoms with E-state index in [1.807, 2.05) is 6.20 Å². The lowest BCUT2D eigenvalue weighted by Crippen LogP contribution is -2.53. The van der Waals surface area contributed by atoms with E-state index in [0.717, 1.165) is 9.80 Å². The van der Waals surface area contributed by atoms with Crippen LogP contribution in [-0.4, -0.2) is 43.7 Å². The van der Waals surface area contributed by atoms with Gasteiger partial charge >= 0.3 is 5.84 Å². The SMILES string of the molecule is CC(C)N(/C=C/C1=[N+]([O-])C(C)(C)C(C)(C)N1[O])C(C)C. The summed E-state index contributed by atoms with van der Waals surface area (Å²) in [5.74, 6) is 0.173. The van der Waals surface area contributed by atoms with E-state index < -0.39 is 11.1 Å². The Labute approximate surface area is 122 Å². The smallest absolute Gasteiger partial charge is 0.310 e. The van der Waals surface area contributed by atoms with Crippen LogP contribution in [0.5, 0.6) is 0 Å². The lowest BCUT2D eigenvalue weighted by atomic mass is 9.84. The number of nitrogens with zero attached hydrogens (tertiary/aromatic N) is 3. The molecule has 0 bridgehead atoms. The number of hydrogen-bond donors (Lipinski definition) is 0. The summed E-state index contributed by atoms with van der Waals surface area (Å²) < 4.78 is 0.829. The van der Waals surface area contributed by atoms with Crippen molar-refractivity contribution in [3.05, 3.63) is 17.5 Å². The minimum atomic E-state index is -0.755. The molecule has 20 heavy (non-hydrogen) atoms. The second-order valence-corrected chi connectivity index (χ2v) is 7.02. The van der Waals surface area contributed by atoms with Crippen molar-refractivity contribution in [2.45, 2.75) is 78.6 Å². The van der Waals surface area contributed by atoms with Crippen LogP contribution in [0.1, 0.15) is 55.4 Å². The Morgan fingerprint density at radius 3 is 1.90 bits per heavy atom. The molecule has 0 aromatic rings. The number of rotatable bonds is 4. The van der Waals surface area contributed by atoms with Crippen LogP contribution in [0.15, 0.2) is 12.3 Å². The molecule has 0 unspecified atom stereocenters. The quantitative estimate of drug-likeness (QED) is 0.588. The summed E-state index contributed by atoms with van der Waals surface area (Å²) in [6, 6.07) is 0.629. The zero-order chi connectivity index (χ0) is 15.9. The molecule has 115 valence electrons. The third kappa shape index (κ3) is 2.51. The molecule has 0 saturated heterocycles. The summed E-state index contributed by atoms with van der Waals surface area (Å²) in [7, 11) is 0. The maximum atomic E-state index is 12.4. The third-order valence-corrected chi connectivity index (χ3v) is 4.52. The van der Waals surface area contributed by atoms with Crippen molar-refractivity contribution >= 4 is 5.84 Å². The predicted octanol–water partition coefficient (Wildman–Crippen LogP) is 2.75. The molecule has 0 aromatic heterocycles. The van der Waals surface area contributed by atoms with E-state index >= 15 is 0 Å². The van der Waals surface area contributed by atoms with Crippen LogP contribution in [0.25, 0.3) is 0 Å². The van der Waals surface area contributed by atoms with Gasteiger partial charge in [-0.15, -0.1) is 0 Å². The van der Waals surface area contributed by atoms with Crippen molar-refractivity contribution < 1.29 is 9.95 Å². The molecule has 1 aliphatic heterocycles. The topological polar surface area (TPSA) is 52.4 Å². The number of hydroxylamine groups is 3. The van der Waals surface area contributed by atoms with Crippen molar-refractivity contribution in [2.24, 2.45) is 0 Å². The van der Waals surface area contributed by atoms with E-state index in [1.165, 1.54) is 0 Å². The van der Waals surface area contributed by atoms with E-state index in [-0.39, 0.29) is 5.84 Å². The molecule has 0 fully saturated rings. The fourth-order valence-corrected chi connectivity index (χ4v) is 2.38. The van der Waals surface area contributed by atoms with Crippen LogP contribution in [0.2, 0.25) is 0 Å². The fourth-order valence-electron chi connectivity index (χ4n) is 2.38. The van der Waals surface area contributed by atoms with Gasteiger partial charge in [0.2, 0.25) is 0 Å². The fraction of sp³-hybridized carbons (Fsp3) is 0.800. The van der Waals surface area contributed by atoms with Gasteiger partial charge in [0.15, 0.2) is 5.54 Å². The third-order valence-electron chi connectivity index (χ3n) is 4.52. The standard InChI is InChI=1S/C15H28N3O2/c1-11(2)16(12(3)4)10-9-13-17(19)14(5,6)15(7,8)18(13)20/h9-12H,1-8H3/b10-9+. The average Bonchev–Trinajstić information content (AvgIpc) is 2.40. The number of amidine groups is 1. The minimum Gasteiger partial charge on any atom is -0.714 e. The summed E-state index contributed by atoms with van der Waals surface area (Å²) >= 11 is 0. The Balaban J connectivity index is 3.12. The first-order valence-corrected chi connectivity index (χ1v) is 7.22. The van der Waals surface area contributed by atoms with Gasteiger partial charge < -0.3 is 10.1 Å². The first-order valence-electron chi connectivity index (χ1n) is 7.22. The Hall–Kier alpha value is -1.23. The Kier molecular flexibility index (Phi) is 4.44. The second kappa shape index (κ2) is 5.28. The zero-order valence-electron chi connectivity index (χ0n) is 14.0. The first-order chi connectivity index (χ1) is 8.94. The van der Waals surface area contributed by atoms with Gasteiger partial charge in [0.25, 0.3) is 0 Å². The van der Waals surface area contributed by atoms with E-state index in [0.29, 0.717) is 12.1 Å². The monoisotopic (exact) mass is 282 g/mol. The molecule has 0 spiro atoms. The normalized spacial score (nSPS) is 21.6. The minimum absolute atomic E-state index is 0.173. The van der Waals surface area contributed by atoms with E-state index in [9.17, 15) is 10.4 Å². The van der Waals surface area contributed by atoms with Crippen LogP contribution >= 0.6 is 0 Å². The van der Waals surface area contributed by atoms with Gasteiger partial charge in [0.1, 0.15) is 5.54 Å². The van der Waals surface area contributed by atoms with Crippen molar-refractivity contribution in [1.29, 1.82) is 0 Å². The maximum Gasteiger partial charge on any atom is 0.310 e. The van der Waals surface area contributed by atoms with Crippen molar-refractivity contribution in [2.75, 3.05) is 0 Å². The summed E-state index contributed by atoms with van der Waals surface area (Å²) in [4.78, 5) is 2.12. The summed E-state index contributed by atoms with van der Waals surface area (Å²) in [6.07, 6.45) is 3.48. The molecule has 0 N–H and O–H groups in total. The van der Waals surface area contributed by atoms with Crippen LogP contribution in [0.3, 0.4) is 0 Å². The molecule has 0 atom stereocenters. The predicted molar refractivity (Wildman–Crippen MR) is 80.6 cm³/mol. The van der Waals surface area contributed by atoms with E-state index in [2.05, 4.69) is 32.6 Å². The second-order valence-electron chi connectivity index (χ2n) is 7.02. The molecule has 1 heterocycles. The molecule has 0 saturated carbocycles. The molecule has 5 heteroatoms. The molecular weight excluding hydrogens is 254 g/mol. The van der Waals surface area contributed by atoms with Gasteiger partial charge in [0, 0.05) is 29.6 Å². The van der Waals surface area contributed by atoms with Crippen molar-refractivity contribution in [3.8, 4) is 0 Å². The van der Waals surface area contributed by atoms with Crippen LogP contribution in [-0.2, 0) is 5.21 Å². The maximum absolute atomic E-state index is 12.4. The highest BCUT2D eigenvalue weighted by Gasteiger charge is 2.58. The van der Waals surface area contributed by atoms with Gasteiger partial charge in [-0.05, 0) is 55.4 Å². The molecule has 0 aliphatic carbocycles. The summed E-state index contributed by atoms with van der Waals surface area (Å²) in [6.45, 7) is 15.5. The molecule has 1 radical (unpaired) electrons. The van der Waals surface area contributed by atoms with Crippen LogP contribution in [0.4, 0.5) is 0 Å². The van der Waals surface area contributed by atoms with Crippen LogP contribution in [0, 0.1) is 5.21 Å². The Bertz CT molecular complexity index is 415. The van der Waals surface area contributed by atoms with Gasteiger partial charge in [-0.25, -0.2) is 0 Å². The molecule has 1 aliphatic rings. The molecule has 1 rings (SSSR count). The molecule has 0 aromatic carbocycles. The van der Waals surface area contributed by atoms with E-state index in [1.54, 1.807) is 33.8 Å². The lowest BCUT2D eigenvalue weighted by Gasteiger charge is -2.32. The zero-order valence-corrected chi connectivity index (χ0v) is 14.0. The lowest BCUT2D eigenvalue weighted by molar-refractivity contribution is -0.539. The summed E-state index contributed by atoms with van der Waals surface area (Å²) in [5, 5.41) is 25.6. The van der Waals surface area contributed by atoms with E-state index in [4.69, 9.17) is 0 Å². The highest BCUT2D eigenvalue weighted by molar-refractivity contribution is 5.89. The largest absolute Gasteiger partial charge is 0.714 e. The average molecular weight is 282 g/mol. The van der Waals surface area contributed by atoms with Gasteiger partial charge in [-0.2, -0.15) is 0 Å². The molecular formula is C15H28N3O2. The van der Waals surface area contributed by atoms with Crippen molar-refractivity contribution in [1.82, 2.24) is 9.96 Å². The first kappa shape index (κ1) is 16.8. The Morgan fingerprint density at radius 2 is 1.60 bits per heavy atom. The van der Waals surface area contributed by atoms with Gasteiger partial charge in [-0.1, -0.05) is 5.06 Å².